The maximum absolute atomic E-state index is 11.9. The van der Waals surface area contributed by atoms with E-state index in [9.17, 15) is 4.79 Å². The van der Waals surface area contributed by atoms with E-state index in [1.54, 1.807) is 15.8 Å². The third-order valence-corrected chi connectivity index (χ3v) is 2.73. The zero-order valence-corrected chi connectivity index (χ0v) is 11.1. The van der Waals surface area contributed by atoms with Crippen LogP contribution in [-0.2, 0) is 11.3 Å². The monoisotopic (exact) mass is 287 g/mol. The molecule has 0 N–H and O–H groups in total. The van der Waals surface area contributed by atoms with Gasteiger partial charge in [-0.1, -0.05) is 0 Å². The Hall–Kier alpha value is -1.04. The largest absolute Gasteiger partial charge is 0.443 e. The number of fused-ring (bicyclic) bond motifs is 1. The second-order valence-corrected chi connectivity index (χ2v) is 5.53. The van der Waals surface area contributed by atoms with Crippen molar-refractivity contribution in [2.45, 2.75) is 32.9 Å². The summed E-state index contributed by atoms with van der Waals surface area (Å²) < 4.78 is 7.93. The number of anilines is 1. The first-order valence-electron chi connectivity index (χ1n) is 5.10. The van der Waals surface area contributed by atoms with Gasteiger partial charge in [-0.3, -0.25) is 4.90 Å². The molecule has 1 amide bonds. The lowest BCUT2D eigenvalue weighted by Crippen LogP contribution is -2.35. The van der Waals surface area contributed by atoms with Gasteiger partial charge in [0.2, 0.25) is 0 Å². The van der Waals surface area contributed by atoms with Gasteiger partial charge in [0.15, 0.2) is 5.82 Å². The summed E-state index contributed by atoms with van der Waals surface area (Å²) in [5.74, 6) is 0.772. The van der Waals surface area contributed by atoms with Gasteiger partial charge in [0.25, 0.3) is 0 Å². The van der Waals surface area contributed by atoms with Gasteiger partial charge in [0.1, 0.15) is 5.60 Å². The van der Waals surface area contributed by atoms with E-state index in [0.29, 0.717) is 13.1 Å². The molecule has 2 heterocycles. The summed E-state index contributed by atoms with van der Waals surface area (Å²) >= 11 is 3.37. The van der Waals surface area contributed by atoms with E-state index in [1.165, 1.54) is 0 Å². The molecule has 0 aliphatic carbocycles. The minimum atomic E-state index is -0.475. The number of carbonyl (C=O) groups excluding carboxylic acids is 1. The van der Waals surface area contributed by atoms with Crippen LogP contribution in [0.5, 0.6) is 0 Å². The van der Waals surface area contributed by atoms with Crippen molar-refractivity contribution in [2.75, 3.05) is 11.4 Å². The van der Waals surface area contributed by atoms with E-state index in [2.05, 4.69) is 21.0 Å². The number of nitrogens with zero attached hydrogens (tertiary/aromatic N) is 3. The van der Waals surface area contributed by atoms with E-state index in [4.69, 9.17) is 4.74 Å². The summed E-state index contributed by atoms with van der Waals surface area (Å²) in [6.45, 7) is 6.88. The molecule has 0 spiro atoms. The van der Waals surface area contributed by atoms with Crippen molar-refractivity contribution in [1.82, 2.24) is 9.78 Å². The second-order valence-electron chi connectivity index (χ2n) is 4.67. The molecule has 0 fully saturated rings. The molecule has 0 saturated carbocycles. The van der Waals surface area contributed by atoms with Gasteiger partial charge >= 0.3 is 6.09 Å². The van der Waals surface area contributed by atoms with Crippen molar-refractivity contribution >= 4 is 27.8 Å². The first-order chi connectivity index (χ1) is 7.38. The minimum absolute atomic E-state index is 0.326. The smallest absolute Gasteiger partial charge is 0.416 e. The molecule has 0 unspecified atom stereocenters. The Morgan fingerprint density at radius 2 is 2.19 bits per heavy atom. The van der Waals surface area contributed by atoms with Crippen molar-refractivity contribution in [2.24, 2.45) is 0 Å². The lowest BCUT2D eigenvalue weighted by atomic mass is 10.2. The highest BCUT2D eigenvalue weighted by Crippen LogP contribution is 2.30. The van der Waals surface area contributed by atoms with Gasteiger partial charge in [0, 0.05) is 0 Å². The maximum atomic E-state index is 11.9. The quantitative estimate of drug-likeness (QED) is 0.736. The first kappa shape index (κ1) is 11.4. The molecule has 1 aromatic rings. The zero-order chi connectivity index (χ0) is 11.9. The van der Waals surface area contributed by atoms with Gasteiger partial charge in [-0.15, -0.1) is 0 Å². The molecule has 5 nitrogen and oxygen atoms in total. The van der Waals surface area contributed by atoms with Crippen molar-refractivity contribution in [3.05, 3.63) is 10.7 Å². The molecule has 0 radical (unpaired) electrons. The molecule has 1 aliphatic rings. The molecular formula is C10H14BrN3O2. The van der Waals surface area contributed by atoms with Crippen LogP contribution in [0, 0.1) is 0 Å². The number of halogens is 1. The summed E-state index contributed by atoms with van der Waals surface area (Å²) in [5.41, 5.74) is -0.475. The predicted molar refractivity (Wildman–Crippen MR) is 63.5 cm³/mol. The van der Waals surface area contributed by atoms with Gasteiger partial charge in [-0.05, 0) is 36.7 Å². The zero-order valence-electron chi connectivity index (χ0n) is 9.53. The van der Waals surface area contributed by atoms with Gasteiger partial charge < -0.3 is 4.74 Å². The van der Waals surface area contributed by atoms with Crippen molar-refractivity contribution < 1.29 is 9.53 Å². The predicted octanol–water partition coefficient (Wildman–Crippen LogP) is 2.40. The van der Waals surface area contributed by atoms with E-state index < -0.39 is 5.60 Å². The van der Waals surface area contributed by atoms with Gasteiger partial charge in [0.05, 0.1) is 23.8 Å². The van der Waals surface area contributed by atoms with Gasteiger partial charge in [-0.25, -0.2) is 9.48 Å². The number of rotatable bonds is 0. The van der Waals surface area contributed by atoms with Crippen LogP contribution in [0.1, 0.15) is 20.8 Å². The highest BCUT2D eigenvalue weighted by molar-refractivity contribution is 9.10. The molecule has 1 aromatic heterocycles. The van der Waals surface area contributed by atoms with Crippen molar-refractivity contribution in [1.29, 1.82) is 0 Å². The molecule has 16 heavy (non-hydrogen) atoms. The van der Waals surface area contributed by atoms with E-state index in [1.807, 2.05) is 20.8 Å². The van der Waals surface area contributed by atoms with E-state index in [0.717, 1.165) is 10.3 Å². The van der Waals surface area contributed by atoms with Crippen molar-refractivity contribution in [3.63, 3.8) is 0 Å². The number of hydrogen-bond acceptors (Lipinski definition) is 3. The van der Waals surface area contributed by atoms with Crippen LogP contribution in [0.3, 0.4) is 0 Å². The Balaban J connectivity index is 2.19. The summed E-state index contributed by atoms with van der Waals surface area (Å²) in [4.78, 5) is 13.5. The molecule has 0 saturated heterocycles. The third kappa shape index (κ3) is 2.07. The molecule has 0 bridgehead atoms. The van der Waals surface area contributed by atoms with Crippen LogP contribution in [0.2, 0.25) is 0 Å². The molecule has 2 rings (SSSR count). The number of hydrogen-bond donors (Lipinski definition) is 0. The van der Waals surface area contributed by atoms with Crippen LogP contribution in [0.4, 0.5) is 10.6 Å². The highest BCUT2D eigenvalue weighted by Gasteiger charge is 2.31. The normalized spacial score (nSPS) is 15.1. The van der Waals surface area contributed by atoms with Crippen LogP contribution in [0.15, 0.2) is 10.7 Å². The fraction of sp³-hybridized carbons (Fsp3) is 0.600. The van der Waals surface area contributed by atoms with Crippen molar-refractivity contribution in [3.8, 4) is 0 Å². The highest BCUT2D eigenvalue weighted by atomic mass is 79.9. The Labute approximate surface area is 102 Å². The standard InChI is InChI=1S/C10H14BrN3O2/c1-10(2,3)16-9(15)13-4-5-14-8(13)7(11)6-12-14/h6H,4-5H2,1-3H3. The number of ether oxygens (including phenoxy) is 1. The maximum Gasteiger partial charge on any atom is 0.416 e. The summed E-state index contributed by atoms with van der Waals surface area (Å²) in [6.07, 6.45) is 1.36. The van der Waals surface area contributed by atoms with Crippen LogP contribution in [0.25, 0.3) is 0 Å². The topological polar surface area (TPSA) is 47.4 Å². The molecule has 6 heteroatoms. The average Bonchev–Trinajstić information content (AvgIpc) is 2.66. The molecular weight excluding hydrogens is 274 g/mol. The SMILES string of the molecule is CC(C)(C)OC(=O)N1CCn2ncc(Br)c21. The molecule has 1 aliphatic heterocycles. The minimum Gasteiger partial charge on any atom is -0.443 e. The number of aromatic nitrogens is 2. The molecule has 88 valence electrons. The summed E-state index contributed by atoms with van der Waals surface area (Å²) in [6, 6.07) is 0. The third-order valence-electron chi connectivity index (χ3n) is 2.17. The van der Waals surface area contributed by atoms with E-state index >= 15 is 0 Å². The Kier molecular flexibility index (Phi) is 2.69. The van der Waals surface area contributed by atoms with E-state index in [-0.39, 0.29) is 6.09 Å². The second kappa shape index (κ2) is 3.76. The first-order valence-corrected chi connectivity index (χ1v) is 5.89. The Morgan fingerprint density at radius 3 is 2.81 bits per heavy atom. The fourth-order valence-electron chi connectivity index (χ4n) is 1.58. The number of carbonyl (C=O) groups is 1. The lowest BCUT2D eigenvalue weighted by Gasteiger charge is -2.23. The molecule has 0 atom stereocenters. The lowest BCUT2D eigenvalue weighted by molar-refractivity contribution is 0.0584. The van der Waals surface area contributed by atoms with Crippen LogP contribution < -0.4 is 4.90 Å². The average molecular weight is 288 g/mol. The van der Waals surface area contributed by atoms with Gasteiger partial charge in [-0.2, -0.15) is 5.10 Å². The Bertz CT molecular complexity index is 422. The number of amides is 1. The Morgan fingerprint density at radius 1 is 1.50 bits per heavy atom. The summed E-state index contributed by atoms with van der Waals surface area (Å²) in [7, 11) is 0. The molecule has 0 aromatic carbocycles. The van der Waals surface area contributed by atoms with Crippen LogP contribution in [-0.4, -0.2) is 28.0 Å². The van der Waals surface area contributed by atoms with Crippen LogP contribution >= 0.6 is 15.9 Å². The summed E-state index contributed by atoms with van der Waals surface area (Å²) in [5, 5.41) is 4.15. The fourth-order valence-corrected chi connectivity index (χ4v) is 2.09.